The van der Waals surface area contributed by atoms with Gasteiger partial charge in [0.2, 0.25) is 5.82 Å². The van der Waals surface area contributed by atoms with Gasteiger partial charge in [0.25, 0.3) is 0 Å². The van der Waals surface area contributed by atoms with E-state index in [0.717, 1.165) is 0 Å². The van der Waals surface area contributed by atoms with Crippen molar-refractivity contribution in [3.63, 3.8) is 0 Å². The second kappa shape index (κ2) is 5.31. The molecule has 2 aromatic rings. The first-order valence-corrected chi connectivity index (χ1v) is 6.10. The largest absolute Gasteiger partial charge is 0.334 e. The Kier molecular flexibility index (Phi) is 3.75. The second-order valence-corrected chi connectivity index (χ2v) is 4.78. The Labute approximate surface area is 116 Å². The van der Waals surface area contributed by atoms with Gasteiger partial charge in [-0.3, -0.25) is 10.1 Å². The smallest absolute Gasteiger partial charge is 0.312 e. The van der Waals surface area contributed by atoms with E-state index in [4.69, 9.17) is 0 Å². The minimum absolute atomic E-state index is 0.114. The summed E-state index contributed by atoms with van der Waals surface area (Å²) in [5, 5.41) is 13.8. The summed E-state index contributed by atoms with van der Waals surface area (Å²) >= 11 is 3.13. The molecule has 1 N–H and O–H groups in total. The third kappa shape index (κ3) is 3.05. The SMILES string of the molecule is Cc1cc(F)ccc1Nc1ncc(Br)cc1[N+](=O)[O-]. The molecule has 98 valence electrons. The third-order valence-electron chi connectivity index (χ3n) is 2.47. The van der Waals surface area contributed by atoms with Gasteiger partial charge < -0.3 is 5.32 Å². The van der Waals surface area contributed by atoms with Crippen molar-refractivity contribution in [3.05, 3.63) is 56.4 Å². The fourth-order valence-electron chi connectivity index (χ4n) is 1.56. The van der Waals surface area contributed by atoms with E-state index in [1.165, 1.54) is 30.5 Å². The number of anilines is 2. The molecular weight excluding hydrogens is 317 g/mol. The molecule has 0 spiro atoms. The topological polar surface area (TPSA) is 68.1 Å². The predicted octanol–water partition coefficient (Wildman–Crippen LogP) is 3.94. The summed E-state index contributed by atoms with van der Waals surface area (Å²) in [5.41, 5.74) is 1.05. The summed E-state index contributed by atoms with van der Waals surface area (Å²) in [6.45, 7) is 1.70. The van der Waals surface area contributed by atoms with E-state index in [0.29, 0.717) is 15.7 Å². The van der Waals surface area contributed by atoms with Crippen LogP contribution in [-0.2, 0) is 0 Å². The maximum absolute atomic E-state index is 13.0. The second-order valence-electron chi connectivity index (χ2n) is 3.86. The normalized spacial score (nSPS) is 10.3. The monoisotopic (exact) mass is 325 g/mol. The van der Waals surface area contributed by atoms with Crippen LogP contribution in [0.15, 0.2) is 34.9 Å². The molecule has 1 aromatic carbocycles. The van der Waals surface area contributed by atoms with Crippen molar-refractivity contribution in [1.29, 1.82) is 0 Å². The summed E-state index contributed by atoms with van der Waals surface area (Å²) in [7, 11) is 0. The van der Waals surface area contributed by atoms with E-state index in [-0.39, 0.29) is 17.3 Å². The van der Waals surface area contributed by atoms with Gasteiger partial charge in [-0.25, -0.2) is 9.37 Å². The molecule has 0 amide bonds. The molecular formula is C12H9BrFN3O2. The Balaban J connectivity index is 2.40. The number of hydrogen-bond donors (Lipinski definition) is 1. The molecule has 19 heavy (non-hydrogen) atoms. The summed E-state index contributed by atoms with van der Waals surface area (Å²) in [6.07, 6.45) is 1.45. The maximum atomic E-state index is 13.0. The lowest BCUT2D eigenvalue weighted by atomic mass is 10.2. The van der Waals surface area contributed by atoms with Crippen LogP contribution in [0.3, 0.4) is 0 Å². The molecule has 0 fully saturated rings. The molecule has 0 bridgehead atoms. The number of aromatic nitrogens is 1. The molecule has 5 nitrogen and oxygen atoms in total. The molecule has 1 aromatic heterocycles. The average Bonchev–Trinajstić information content (AvgIpc) is 2.34. The molecule has 1 heterocycles. The highest BCUT2D eigenvalue weighted by Gasteiger charge is 2.16. The van der Waals surface area contributed by atoms with Gasteiger partial charge in [0.15, 0.2) is 0 Å². The highest BCUT2D eigenvalue weighted by molar-refractivity contribution is 9.10. The Bertz CT molecular complexity index is 649. The number of nitrogens with one attached hydrogen (secondary N) is 1. The van der Waals surface area contributed by atoms with Gasteiger partial charge in [-0.05, 0) is 46.6 Å². The van der Waals surface area contributed by atoms with Crippen molar-refractivity contribution >= 4 is 33.1 Å². The number of rotatable bonds is 3. The molecule has 0 radical (unpaired) electrons. The van der Waals surface area contributed by atoms with Gasteiger partial charge in [0.05, 0.1) is 4.92 Å². The Hall–Kier alpha value is -2.02. The van der Waals surface area contributed by atoms with E-state index in [1.54, 1.807) is 6.92 Å². The molecule has 0 aliphatic carbocycles. The fraction of sp³-hybridized carbons (Fsp3) is 0.0833. The quantitative estimate of drug-likeness (QED) is 0.685. The van der Waals surface area contributed by atoms with Crippen molar-refractivity contribution in [2.45, 2.75) is 6.92 Å². The van der Waals surface area contributed by atoms with Crippen molar-refractivity contribution in [2.75, 3.05) is 5.32 Å². The highest BCUT2D eigenvalue weighted by atomic mass is 79.9. The van der Waals surface area contributed by atoms with Gasteiger partial charge in [-0.15, -0.1) is 0 Å². The molecule has 0 aliphatic heterocycles. The number of nitrogens with zero attached hydrogens (tertiary/aromatic N) is 2. The van der Waals surface area contributed by atoms with Crippen LogP contribution in [0, 0.1) is 22.9 Å². The van der Waals surface area contributed by atoms with Crippen LogP contribution < -0.4 is 5.32 Å². The number of hydrogen-bond acceptors (Lipinski definition) is 4. The zero-order valence-electron chi connectivity index (χ0n) is 9.85. The maximum Gasteiger partial charge on any atom is 0.312 e. The summed E-state index contributed by atoms with van der Waals surface area (Å²) in [4.78, 5) is 14.4. The molecule has 0 unspecified atom stereocenters. The van der Waals surface area contributed by atoms with Crippen LogP contribution in [0.4, 0.5) is 21.6 Å². The van der Waals surface area contributed by atoms with Crippen LogP contribution in [-0.4, -0.2) is 9.91 Å². The standard InChI is InChI=1S/C12H9BrFN3O2/c1-7-4-9(14)2-3-10(7)16-12-11(17(18)19)5-8(13)6-15-12/h2-6H,1H3,(H,15,16). The van der Waals surface area contributed by atoms with Gasteiger partial charge in [0, 0.05) is 22.4 Å². The molecule has 0 saturated heterocycles. The Morgan fingerprint density at radius 3 is 2.79 bits per heavy atom. The van der Waals surface area contributed by atoms with Gasteiger partial charge in [-0.1, -0.05) is 0 Å². The summed E-state index contributed by atoms with van der Waals surface area (Å²) < 4.78 is 13.5. The predicted molar refractivity (Wildman–Crippen MR) is 73.0 cm³/mol. The Morgan fingerprint density at radius 1 is 1.42 bits per heavy atom. The minimum atomic E-state index is -0.529. The minimum Gasteiger partial charge on any atom is -0.334 e. The van der Waals surface area contributed by atoms with Gasteiger partial charge >= 0.3 is 5.69 Å². The first-order chi connectivity index (χ1) is 8.97. The number of aryl methyl sites for hydroxylation is 1. The van der Waals surface area contributed by atoms with E-state index >= 15 is 0 Å². The van der Waals surface area contributed by atoms with Crippen molar-refractivity contribution < 1.29 is 9.31 Å². The summed E-state index contributed by atoms with van der Waals surface area (Å²) in [6, 6.07) is 5.49. The molecule has 0 aliphatic rings. The summed E-state index contributed by atoms with van der Waals surface area (Å²) in [5.74, 6) is -0.246. The average molecular weight is 326 g/mol. The van der Waals surface area contributed by atoms with Crippen molar-refractivity contribution in [3.8, 4) is 0 Å². The van der Waals surface area contributed by atoms with Crippen LogP contribution >= 0.6 is 15.9 Å². The van der Waals surface area contributed by atoms with Crippen molar-refractivity contribution in [2.24, 2.45) is 0 Å². The zero-order valence-corrected chi connectivity index (χ0v) is 11.4. The number of pyridine rings is 1. The fourth-order valence-corrected chi connectivity index (χ4v) is 1.88. The molecule has 0 atom stereocenters. The zero-order chi connectivity index (χ0) is 14.0. The lowest BCUT2D eigenvalue weighted by molar-refractivity contribution is -0.384. The van der Waals surface area contributed by atoms with Crippen LogP contribution in [0.1, 0.15) is 5.56 Å². The van der Waals surface area contributed by atoms with Gasteiger partial charge in [0.1, 0.15) is 5.82 Å². The first-order valence-electron chi connectivity index (χ1n) is 5.30. The van der Waals surface area contributed by atoms with E-state index in [2.05, 4.69) is 26.2 Å². The van der Waals surface area contributed by atoms with E-state index in [9.17, 15) is 14.5 Å². The molecule has 0 saturated carbocycles. The number of nitro groups is 1. The van der Waals surface area contributed by atoms with Gasteiger partial charge in [-0.2, -0.15) is 0 Å². The first kappa shape index (κ1) is 13.4. The molecule has 7 heteroatoms. The number of benzene rings is 1. The van der Waals surface area contributed by atoms with Crippen LogP contribution in [0.2, 0.25) is 0 Å². The Morgan fingerprint density at radius 2 is 2.16 bits per heavy atom. The van der Waals surface area contributed by atoms with Crippen LogP contribution in [0.5, 0.6) is 0 Å². The van der Waals surface area contributed by atoms with E-state index < -0.39 is 4.92 Å². The third-order valence-corrected chi connectivity index (χ3v) is 2.91. The van der Waals surface area contributed by atoms with Crippen molar-refractivity contribution in [1.82, 2.24) is 4.98 Å². The highest BCUT2D eigenvalue weighted by Crippen LogP contribution is 2.29. The van der Waals surface area contributed by atoms with E-state index in [1.807, 2.05) is 0 Å². The lowest BCUT2D eigenvalue weighted by Gasteiger charge is -2.09. The number of halogens is 2. The van der Waals surface area contributed by atoms with Crippen LogP contribution in [0.25, 0.3) is 0 Å². The molecule has 2 rings (SSSR count). The lowest BCUT2D eigenvalue weighted by Crippen LogP contribution is -2.01.